The lowest BCUT2D eigenvalue weighted by Crippen LogP contribution is -2.31. The summed E-state index contributed by atoms with van der Waals surface area (Å²) in [6.07, 6.45) is 4.69. The van der Waals surface area contributed by atoms with E-state index in [0.29, 0.717) is 24.0 Å². The molecule has 19 heavy (non-hydrogen) atoms. The molecule has 6 nitrogen and oxygen atoms in total. The normalized spacial score (nSPS) is 29.4. The number of anilines is 1. The van der Waals surface area contributed by atoms with Crippen LogP contribution in [0.3, 0.4) is 0 Å². The van der Waals surface area contributed by atoms with Gasteiger partial charge in [-0.2, -0.15) is 0 Å². The van der Waals surface area contributed by atoms with Crippen LogP contribution in [-0.4, -0.2) is 52.1 Å². The predicted octanol–water partition coefficient (Wildman–Crippen LogP) is 0.361. The first-order chi connectivity index (χ1) is 9.19. The fraction of sp³-hybridized carbons (Fsp3) is 0.615. The molecular formula is C13H18N4O2. The van der Waals surface area contributed by atoms with E-state index in [9.17, 15) is 9.90 Å². The number of aliphatic hydroxyl groups is 1. The number of likely N-dealkylation sites (tertiary alicyclic amines) is 1. The van der Waals surface area contributed by atoms with Crippen molar-refractivity contribution in [2.45, 2.75) is 18.9 Å². The van der Waals surface area contributed by atoms with Crippen LogP contribution in [0.1, 0.15) is 23.3 Å². The maximum atomic E-state index is 12.3. The molecule has 2 heterocycles. The van der Waals surface area contributed by atoms with Crippen molar-refractivity contribution in [2.24, 2.45) is 11.8 Å². The van der Waals surface area contributed by atoms with Gasteiger partial charge in [-0.3, -0.25) is 4.79 Å². The van der Waals surface area contributed by atoms with Gasteiger partial charge in [0.1, 0.15) is 11.5 Å². The molecule has 0 aromatic carbocycles. The number of amides is 1. The third-order valence-corrected chi connectivity index (χ3v) is 4.23. The number of fused-ring (bicyclic) bond motifs is 1. The first-order valence-corrected chi connectivity index (χ1v) is 6.66. The number of carbonyl (C=O) groups excluding carboxylic acids is 1. The predicted molar refractivity (Wildman–Crippen MR) is 69.7 cm³/mol. The van der Waals surface area contributed by atoms with Gasteiger partial charge in [0.25, 0.3) is 5.91 Å². The second-order valence-corrected chi connectivity index (χ2v) is 5.32. The van der Waals surface area contributed by atoms with Crippen molar-refractivity contribution < 1.29 is 9.90 Å². The van der Waals surface area contributed by atoms with E-state index in [1.54, 1.807) is 18.1 Å². The zero-order valence-corrected chi connectivity index (χ0v) is 10.9. The van der Waals surface area contributed by atoms with Crippen LogP contribution in [0, 0.1) is 11.8 Å². The van der Waals surface area contributed by atoms with Gasteiger partial charge in [0.05, 0.1) is 18.5 Å². The summed E-state index contributed by atoms with van der Waals surface area (Å²) in [6, 6.07) is 0. The molecule has 2 aliphatic rings. The van der Waals surface area contributed by atoms with Gasteiger partial charge in [-0.25, -0.2) is 9.97 Å². The molecule has 102 valence electrons. The Balaban J connectivity index is 1.71. The third-order valence-electron chi connectivity index (χ3n) is 4.23. The Labute approximate surface area is 111 Å². The molecule has 0 spiro atoms. The van der Waals surface area contributed by atoms with E-state index in [2.05, 4.69) is 15.3 Å². The van der Waals surface area contributed by atoms with Gasteiger partial charge in [-0.15, -0.1) is 0 Å². The lowest BCUT2D eigenvalue weighted by atomic mass is 10.00. The number of aromatic nitrogens is 2. The topological polar surface area (TPSA) is 78.4 Å². The Hall–Kier alpha value is -1.69. The SMILES string of the molecule is CNc1cnc(C(=O)N2CC3CCC(O)C3C2)cn1. The minimum atomic E-state index is -0.249. The van der Waals surface area contributed by atoms with Gasteiger partial charge >= 0.3 is 0 Å². The van der Waals surface area contributed by atoms with Crippen molar-refractivity contribution in [1.29, 1.82) is 0 Å². The number of aliphatic hydroxyl groups excluding tert-OH is 1. The highest BCUT2D eigenvalue weighted by Crippen LogP contribution is 2.38. The summed E-state index contributed by atoms with van der Waals surface area (Å²) in [5, 5.41) is 12.7. The number of nitrogens with zero attached hydrogens (tertiary/aromatic N) is 3. The van der Waals surface area contributed by atoms with Crippen molar-refractivity contribution in [1.82, 2.24) is 14.9 Å². The Morgan fingerprint density at radius 2 is 2.21 bits per heavy atom. The van der Waals surface area contributed by atoms with Gasteiger partial charge in [-0.05, 0) is 18.8 Å². The minimum Gasteiger partial charge on any atom is -0.393 e. The van der Waals surface area contributed by atoms with Gasteiger partial charge < -0.3 is 15.3 Å². The molecule has 1 aromatic heterocycles. The zero-order chi connectivity index (χ0) is 13.4. The maximum absolute atomic E-state index is 12.3. The number of carbonyl (C=O) groups is 1. The first kappa shape index (κ1) is 12.3. The average molecular weight is 262 g/mol. The lowest BCUT2D eigenvalue weighted by Gasteiger charge is -2.17. The Kier molecular flexibility index (Phi) is 3.10. The van der Waals surface area contributed by atoms with Gasteiger partial charge in [0.15, 0.2) is 0 Å². The molecule has 0 bridgehead atoms. The van der Waals surface area contributed by atoms with Crippen molar-refractivity contribution in [2.75, 3.05) is 25.5 Å². The number of nitrogens with one attached hydrogen (secondary N) is 1. The standard InChI is InChI=1S/C13H18N4O2/c1-14-12-5-15-10(4-16-12)13(19)17-6-8-2-3-11(18)9(8)7-17/h4-5,8-9,11,18H,2-3,6-7H2,1H3,(H,14,16). The smallest absolute Gasteiger partial charge is 0.274 e. The molecule has 3 unspecified atom stereocenters. The fourth-order valence-electron chi connectivity index (χ4n) is 3.13. The van der Waals surface area contributed by atoms with Crippen LogP contribution in [0.2, 0.25) is 0 Å². The number of rotatable bonds is 2. The molecule has 1 amide bonds. The van der Waals surface area contributed by atoms with Crippen molar-refractivity contribution >= 4 is 11.7 Å². The molecule has 3 rings (SSSR count). The summed E-state index contributed by atoms with van der Waals surface area (Å²) in [7, 11) is 1.76. The molecule has 1 aliphatic heterocycles. The fourth-order valence-corrected chi connectivity index (χ4v) is 3.13. The second kappa shape index (κ2) is 4.77. The van der Waals surface area contributed by atoms with Crippen LogP contribution >= 0.6 is 0 Å². The van der Waals surface area contributed by atoms with Crippen molar-refractivity contribution in [3.05, 3.63) is 18.1 Å². The van der Waals surface area contributed by atoms with E-state index in [-0.39, 0.29) is 17.9 Å². The Morgan fingerprint density at radius 3 is 2.84 bits per heavy atom. The quantitative estimate of drug-likeness (QED) is 0.804. The van der Waals surface area contributed by atoms with E-state index in [4.69, 9.17) is 0 Å². The molecular weight excluding hydrogens is 244 g/mol. The van der Waals surface area contributed by atoms with E-state index < -0.39 is 0 Å². The monoisotopic (exact) mass is 262 g/mol. The van der Waals surface area contributed by atoms with E-state index in [0.717, 1.165) is 19.4 Å². The number of hydrogen-bond acceptors (Lipinski definition) is 5. The van der Waals surface area contributed by atoms with Crippen molar-refractivity contribution in [3.8, 4) is 0 Å². The van der Waals surface area contributed by atoms with E-state index in [1.807, 2.05) is 0 Å². The largest absolute Gasteiger partial charge is 0.393 e. The molecule has 1 saturated heterocycles. The average Bonchev–Trinajstić information content (AvgIpc) is 3.01. The summed E-state index contributed by atoms with van der Waals surface area (Å²) >= 11 is 0. The zero-order valence-electron chi connectivity index (χ0n) is 10.9. The number of hydrogen-bond donors (Lipinski definition) is 2. The summed E-state index contributed by atoms with van der Waals surface area (Å²) in [5.41, 5.74) is 0.369. The van der Waals surface area contributed by atoms with Crippen LogP contribution in [0.15, 0.2) is 12.4 Å². The second-order valence-electron chi connectivity index (χ2n) is 5.32. The minimum absolute atomic E-state index is 0.0863. The highest BCUT2D eigenvalue weighted by atomic mass is 16.3. The Morgan fingerprint density at radius 1 is 1.37 bits per heavy atom. The summed E-state index contributed by atoms with van der Waals surface area (Å²) in [6.45, 7) is 1.37. The maximum Gasteiger partial charge on any atom is 0.274 e. The van der Waals surface area contributed by atoms with Gasteiger partial charge in [-0.1, -0.05) is 0 Å². The highest BCUT2D eigenvalue weighted by molar-refractivity contribution is 5.92. The lowest BCUT2D eigenvalue weighted by molar-refractivity contribution is 0.0746. The van der Waals surface area contributed by atoms with E-state index >= 15 is 0 Å². The highest BCUT2D eigenvalue weighted by Gasteiger charge is 2.43. The van der Waals surface area contributed by atoms with Crippen LogP contribution in [0.25, 0.3) is 0 Å². The van der Waals surface area contributed by atoms with Crippen LogP contribution in [0.4, 0.5) is 5.82 Å². The molecule has 1 aromatic rings. The molecule has 1 aliphatic carbocycles. The Bertz CT molecular complexity index is 476. The van der Waals surface area contributed by atoms with Gasteiger partial charge in [0, 0.05) is 26.1 Å². The molecule has 0 radical (unpaired) electrons. The van der Waals surface area contributed by atoms with E-state index in [1.165, 1.54) is 6.20 Å². The van der Waals surface area contributed by atoms with Crippen molar-refractivity contribution in [3.63, 3.8) is 0 Å². The third kappa shape index (κ3) is 2.16. The van der Waals surface area contributed by atoms with Crippen LogP contribution in [0.5, 0.6) is 0 Å². The molecule has 3 atom stereocenters. The molecule has 1 saturated carbocycles. The summed E-state index contributed by atoms with van der Waals surface area (Å²) < 4.78 is 0. The summed E-state index contributed by atoms with van der Waals surface area (Å²) in [5.74, 6) is 1.25. The summed E-state index contributed by atoms with van der Waals surface area (Å²) in [4.78, 5) is 22.3. The first-order valence-electron chi connectivity index (χ1n) is 6.66. The van der Waals surface area contributed by atoms with Crippen LogP contribution < -0.4 is 5.32 Å². The van der Waals surface area contributed by atoms with Crippen LogP contribution in [-0.2, 0) is 0 Å². The van der Waals surface area contributed by atoms with Gasteiger partial charge in [0.2, 0.25) is 0 Å². The molecule has 2 N–H and O–H groups in total. The molecule has 2 fully saturated rings. The molecule has 6 heteroatoms.